The van der Waals surface area contributed by atoms with E-state index in [0.29, 0.717) is 6.42 Å². The van der Waals surface area contributed by atoms with Crippen LogP contribution in [0.4, 0.5) is 0 Å². The molecule has 1 saturated heterocycles. The Morgan fingerprint density at radius 3 is 2.17 bits per heavy atom. The Morgan fingerprint density at radius 2 is 1.59 bits per heavy atom. The largest absolute Gasteiger partial charge is 0.349 e. The van der Waals surface area contributed by atoms with Gasteiger partial charge in [0.2, 0.25) is 5.91 Å². The number of carbonyl (C=O) groups is 1. The summed E-state index contributed by atoms with van der Waals surface area (Å²) in [5, 5.41) is 8.91. The standard InChI is InChI=1S/C25H31N3O/c1-27(2)25(29)12-11-20-3-5-21(6-4-20)17-22-13-15-28(16-14-22)19-24-9-7-23(18-26)8-10-24/h3-10,22H,11-17,19H2,1-2H3. The predicted molar refractivity (Wildman–Crippen MR) is 116 cm³/mol. The van der Waals surface area contributed by atoms with E-state index in [9.17, 15) is 4.79 Å². The highest BCUT2D eigenvalue weighted by molar-refractivity contribution is 5.75. The lowest BCUT2D eigenvalue weighted by Gasteiger charge is -2.32. The highest BCUT2D eigenvalue weighted by atomic mass is 16.2. The second-order valence-electron chi connectivity index (χ2n) is 8.34. The molecule has 1 aliphatic rings. The number of likely N-dealkylation sites (tertiary alicyclic amines) is 1. The van der Waals surface area contributed by atoms with Crippen molar-refractivity contribution in [1.82, 2.24) is 9.80 Å². The highest BCUT2D eigenvalue weighted by Gasteiger charge is 2.19. The Kier molecular flexibility index (Phi) is 7.43. The average molecular weight is 390 g/mol. The van der Waals surface area contributed by atoms with Gasteiger partial charge in [-0.3, -0.25) is 9.69 Å². The van der Waals surface area contributed by atoms with Crippen molar-refractivity contribution in [3.05, 3.63) is 70.8 Å². The van der Waals surface area contributed by atoms with Gasteiger partial charge in [-0.05, 0) is 73.5 Å². The van der Waals surface area contributed by atoms with E-state index in [0.717, 1.165) is 44.0 Å². The molecule has 3 rings (SSSR count). The van der Waals surface area contributed by atoms with Crippen molar-refractivity contribution in [2.24, 2.45) is 5.92 Å². The van der Waals surface area contributed by atoms with Gasteiger partial charge >= 0.3 is 0 Å². The van der Waals surface area contributed by atoms with Gasteiger partial charge in [-0.15, -0.1) is 0 Å². The summed E-state index contributed by atoms with van der Waals surface area (Å²) in [4.78, 5) is 15.9. The van der Waals surface area contributed by atoms with E-state index >= 15 is 0 Å². The summed E-state index contributed by atoms with van der Waals surface area (Å²) in [5.74, 6) is 0.926. The number of nitrogens with zero attached hydrogens (tertiary/aromatic N) is 3. The molecule has 0 aromatic heterocycles. The number of carbonyl (C=O) groups excluding carboxylic acids is 1. The summed E-state index contributed by atoms with van der Waals surface area (Å²) >= 11 is 0. The van der Waals surface area contributed by atoms with Crippen molar-refractivity contribution < 1.29 is 4.79 Å². The molecule has 29 heavy (non-hydrogen) atoms. The third-order valence-corrected chi connectivity index (χ3v) is 5.87. The summed E-state index contributed by atoms with van der Waals surface area (Å²) in [5.41, 5.74) is 4.65. The first-order valence-electron chi connectivity index (χ1n) is 10.5. The van der Waals surface area contributed by atoms with Gasteiger partial charge in [-0.2, -0.15) is 5.26 Å². The zero-order valence-corrected chi connectivity index (χ0v) is 17.6. The van der Waals surface area contributed by atoms with Gasteiger partial charge in [-0.25, -0.2) is 0 Å². The molecule has 1 heterocycles. The van der Waals surface area contributed by atoms with E-state index in [1.54, 1.807) is 19.0 Å². The Balaban J connectivity index is 1.42. The third kappa shape index (κ3) is 6.44. The fourth-order valence-electron chi connectivity index (χ4n) is 3.94. The lowest BCUT2D eigenvalue weighted by molar-refractivity contribution is -0.128. The van der Waals surface area contributed by atoms with Crippen LogP contribution in [0.3, 0.4) is 0 Å². The van der Waals surface area contributed by atoms with Crippen LogP contribution in [0.5, 0.6) is 0 Å². The van der Waals surface area contributed by atoms with Crippen molar-refractivity contribution >= 4 is 5.91 Å². The van der Waals surface area contributed by atoms with Gasteiger partial charge in [0.15, 0.2) is 0 Å². The first-order chi connectivity index (χ1) is 14.0. The molecule has 2 aromatic rings. The van der Waals surface area contributed by atoms with Crippen molar-refractivity contribution in [2.45, 2.75) is 38.6 Å². The molecule has 4 heteroatoms. The molecule has 0 radical (unpaired) electrons. The van der Waals surface area contributed by atoms with E-state index in [2.05, 4.69) is 47.4 Å². The van der Waals surface area contributed by atoms with Gasteiger partial charge in [-0.1, -0.05) is 36.4 Å². The Hall–Kier alpha value is -2.64. The number of rotatable bonds is 7. The summed E-state index contributed by atoms with van der Waals surface area (Å²) in [6.45, 7) is 3.24. The molecule has 0 atom stereocenters. The van der Waals surface area contributed by atoms with E-state index in [4.69, 9.17) is 5.26 Å². The van der Waals surface area contributed by atoms with Crippen LogP contribution >= 0.6 is 0 Å². The number of hydrogen-bond acceptors (Lipinski definition) is 3. The molecule has 2 aromatic carbocycles. The predicted octanol–water partition coefficient (Wildman–Crippen LogP) is 4.03. The van der Waals surface area contributed by atoms with E-state index in [1.165, 1.54) is 29.5 Å². The summed E-state index contributed by atoms with van der Waals surface area (Å²) in [6, 6.07) is 18.9. The molecule has 0 N–H and O–H groups in total. The monoisotopic (exact) mass is 389 g/mol. The first kappa shape index (κ1) is 21.1. The van der Waals surface area contributed by atoms with Crippen molar-refractivity contribution in [2.75, 3.05) is 27.2 Å². The lowest BCUT2D eigenvalue weighted by atomic mass is 9.89. The van der Waals surface area contributed by atoms with Gasteiger partial charge in [0, 0.05) is 27.1 Å². The van der Waals surface area contributed by atoms with Gasteiger partial charge in [0.05, 0.1) is 11.6 Å². The Labute approximate surface area is 174 Å². The fourth-order valence-corrected chi connectivity index (χ4v) is 3.94. The number of piperidine rings is 1. The van der Waals surface area contributed by atoms with Crippen LogP contribution in [0, 0.1) is 17.2 Å². The smallest absolute Gasteiger partial charge is 0.222 e. The van der Waals surface area contributed by atoms with Crippen LogP contribution < -0.4 is 0 Å². The zero-order chi connectivity index (χ0) is 20.6. The highest BCUT2D eigenvalue weighted by Crippen LogP contribution is 2.23. The molecule has 1 aliphatic heterocycles. The summed E-state index contributed by atoms with van der Waals surface area (Å²) < 4.78 is 0. The van der Waals surface area contributed by atoms with Gasteiger partial charge < -0.3 is 4.90 Å². The van der Waals surface area contributed by atoms with Crippen molar-refractivity contribution in [3.8, 4) is 6.07 Å². The van der Waals surface area contributed by atoms with Crippen LogP contribution in [-0.2, 0) is 24.2 Å². The maximum absolute atomic E-state index is 11.7. The quantitative estimate of drug-likeness (QED) is 0.718. The van der Waals surface area contributed by atoms with E-state index in [-0.39, 0.29) is 5.91 Å². The SMILES string of the molecule is CN(C)C(=O)CCc1ccc(CC2CCN(Cc3ccc(C#N)cc3)CC2)cc1. The molecular weight excluding hydrogens is 358 g/mol. The number of nitriles is 1. The molecule has 1 amide bonds. The van der Waals surface area contributed by atoms with Crippen LogP contribution in [0.25, 0.3) is 0 Å². The topological polar surface area (TPSA) is 47.3 Å². The normalized spacial score (nSPS) is 15.1. The molecule has 4 nitrogen and oxygen atoms in total. The number of aryl methyl sites for hydroxylation is 1. The minimum absolute atomic E-state index is 0.182. The number of amides is 1. The van der Waals surface area contributed by atoms with Crippen LogP contribution in [0.15, 0.2) is 48.5 Å². The maximum atomic E-state index is 11.7. The van der Waals surface area contributed by atoms with Gasteiger partial charge in [0.1, 0.15) is 0 Å². The van der Waals surface area contributed by atoms with E-state index < -0.39 is 0 Å². The van der Waals surface area contributed by atoms with Crippen LogP contribution in [0.1, 0.15) is 41.5 Å². The molecule has 152 valence electrons. The maximum Gasteiger partial charge on any atom is 0.222 e. The molecule has 0 spiro atoms. The minimum atomic E-state index is 0.182. The van der Waals surface area contributed by atoms with Crippen LogP contribution in [-0.4, -0.2) is 42.9 Å². The summed E-state index contributed by atoms with van der Waals surface area (Å²) in [6.07, 6.45) is 4.99. The molecule has 0 saturated carbocycles. The molecular formula is C25H31N3O. The van der Waals surface area contributed by atoms with Crippen LogP contribution in [0.2, 0.25) is 0 Å². The minimum Gasteiger partial charge on any atom is -0.349 e. The molecule has 1 fully saturated rings. The van der Waals surface area contributed by atoms with Crippen molar-refractivity contribution in [1.29, 1.82) is 5.26 Å². The Bertz CT molecular complexity index is 826. The van der Waals surface area contributed by atoms with Gasteiger partial charge in [0.25, 0.3) is 0 Å². The number of hydrogen-bond donors (Lipinski definition) is 0. The first-order valence-corrected chi connectivity index (χ1v) is 10.5. The number of benzene rings is 2. The molecule has 0 aliphatic carbocycles. The molecule has 0 unspecified atom stereocenters. The van der Waals surface area contributed by atoms with E-state index in [1.807, 2.05) is 12.1 Å². The lowest BCUT2D eigenvalue weighted by Crippen LogP contribution is -2.33. The third-order valence-electron chi connectivity index (χ3n) is 5.87. The van der Waals surface area contributed by atoms with Crippen molar-refractivity contribution in [3.63, 3.8) is 0 Å². The average Bonchev–Trinajstić information content (AvgIpc) is 2.75. The fraction of sp³-hybridized carbons (Fsp3) is 0.440. The summed E-state index contributed by atoms with van der Waals surface area (Å²) in [7, 11) is 3.61. The second-order valence-corrected chi connectivity index (χ2v) is 8.34. The molecule has 0 bridgehead atoms. The zero-order valence-electron chi connectivity index (χ0n) is 17.6. The Morgan fingerprint density at radius 1 is 1.00 bits per heavy atom. The second kappa shape index (κ2) is 10.2.